The molecule has 4 rings (SSSR count). The van der Waals surface area contributed by atoms with Gasteiger partial charge in [-0.3, -0.25) is 9.59 Å². The van der Waals surface area contributed by atoms with E-state index in [2.05, 4.69) is 12.2 Å². The van der Waals surface area contributed by atoms with E-state index in [1.54, 1.807) is 12.1 Å². The number of carbonyl (C=O) groups excluding carboxylic acids is 2. The SMILES string of the molecule is O=C(C1CCCC1)N1CCC2(CC=CCN(Cc3ccc(F)cc3)C2=O)CC1. The van der Waals surface area contributed by atoms with Crippen LogP contribution in [0, 0.1) is 17.2 Å². The summed E-state index contributed by atoms with van der Waals surface area (Å²) in [5.41, 5.74) is 0.536. The molecule has 1 aromatic carbocycles. The molecular formula is C23H29FN2O2. The predicted molar refractivity (Wildman–Crippen MR) is 106 cm³/mol. The molecule has 2 amide bonds. The Kier molecular flexibility index (Phi) is 5.51. The molecule has 1 aliphatic carbocycles. The zero-order valence-electron chi connectivity index (χ0n) is 16.4. The van der Waals surface area contributed by atoms with Gasteiger partial charge in [-0.2, -0.15) is 0 Å². The Labute approximate surface area is 166 Å². The fourth-order valence-electron chi connectivity index (χ4n) is 4.97. The van der Waals surface area contributed by atoms with Crippen LogP contribution in [0.2, 0.25) is 0 Å². The minimum atomic E-state index is -0.403. The minimum absolute atomic E-state index is 0.176. The summed E-state index contributed by atoms with van der Waals surface area (Å²) >= 11 is 0. The smallest absolute Gasteiger partial charge is 0.229 e. The zero-order valence-corrected chi connectivity index (χ0v) is 16.4. The molecule has 1 saturated heterocycles. The largest absolute Gasteiger partial charge is 0.342 e. The fraction of sp³-hybridized carbons (Fsp3) is 0.565. The van der Waals surface area contributed by atoms with Crippen LogP contribution < -0.4 is 0 Å². The van der Waals surface area contributed by atoms with Crippen molar-refractivity contribution >= 4 is 11.8 Å². The summed E-state index contributed by atoms with van der Waals surface area (Å²) in [5, 5.41) is 0. The Morgan fingerprint density at radius 2 is 1.75 bits per heavy atom. The summed E-state index contributed by atoms with van der Waals surface area (Å²) in [7, 11) is 0. The molecule has 28 heavy (non-hydrogen) atoms. The van der Waals surface area contributed by atoms with Crippen molar-refractivity contribution in [2.45, 2.75) is 51.5 Å². The molecular weight excluding hydrogens is 355 g/mol. The lowest BCUT2D eigenvalue weighted by Gasteiger charge is -2.42. The average molecular weight is 384 g/mol. The van der Waals surface area contributed by atoms with E-state index in [9.17, 15) is 14.0 Å². The highest BCUT2D eigenvalue weighted by atomic mass is 19.1. The van der Waals surface area contributed by atoms with Crippen molar-refractivity contribution in [3.05, 3.63) is 47.8 Å². The van der Waals surface area contributed by atoms with Crippen molar-refractivity contribution in [3.8, 4) is 0 Å². The van der Waals surface area contributed by atoms with Crippen molar-refractivity contribution in [2.24, 2.45) is 11.3 Å². The van der Waals surface area contributed by atoms with E-state index >= 15 is 0 Å². The van der Waals surface area contributed by atoms with Gasteiger partial charge in [-0.25, -0.2) is 4.39 Å². The number of nitrogens with zero attached hydrogens (tertiary/aromatic N) is 2. The predicted octanol–water partition coefficient (Wildman–Crippen LogP) is 3.91. The number of likely N-dealkylation sites (tertiary alicyclic amines) is 1. The first-order chi connectivity index (χ1) is 13.6. The van der Waals surface area contributed by atoms with E-state index in [0.29, 0.717) is 32.1 Å². The summed E-state index contributed by atoms with van der Waals surface area (Å²) in [4.78, 5) is 30.0. The van der Waals surface area contributed by atoms with E-state index in [4.69, 9.17) is 0 Å². The highest BCUT2D eigenvalue weighted by molar-refractivity contribution is 5.84. The molecule has 2 heterocycles. The van der Waals surface area contributed by atoms with Crippen LogP contribution in [0.3, 0.4) is 0 Å². The van der Waals surface area contributed by atoms with Gasteiger partial charge in [0.05, 0.1) is 5.41 Å². The Morgan fingerprint density at radius 1 is 1.07 bits per heavy atom. The topological polar surface area (TPSA) is 40.6 Å². The van der Waals surface area contributed by atoms with Gasteiger partial charge in [0.25, 0.3) is 0 Å². The highest BCUT2D eigenvalue weighted by Crippen LogP contribution is 2.40. The summed E-state index contributed by atoms with van der Waals surface area (Å²) in [6.07, 6.45) is 10.8. The first-order valence-corrected chi connectivity index (χ1v) is 10.5. The molecule has 0 bridgehead atoms. The van der Waals surface area contributed by atoms with Crippen LogP contribution in [-0.4, -0.2) is 41.2 Å². The van der Waals surface area contributed by atoms with E-state index < -0.39 is 5.41 Å². The van der Waals surface area contributed by atoms with Gasteiger partial charge in [0, 0.05) is 32.1 Å². The number of hydrogen-bond acceptors (Lipinski definition) is 2. The third-order valence-electron chi connectivity index (χ3n) is 6.77. The number of halogens is 1. The van der Waals surface area contributed by atoms with Crippen molar-refractivity contribution in [1.29, 1.82) is 0 Å². The molecule has 0 aromatic heterocycles. The minimum Gasteiger partial charge on any atom is -0.342 e. The number of piperidine rings is 1. The fourth-order valence-corrected chi connectivity index (χ4v) is 4.97. The number of amides is 2. The number of benzene rings is 1. The number of allylic oxidation sites excluding steroid dienone is 1. The number of hydrogen-bond donors (Lipinski definition) is 0. The van der Waals surface area contributed by atoms with Crippen LogP contribution in [0.5, 0.6) is 0 Å². The summed E-state index contributed by atoms with van der Waals surface area (Å²) < 4.78 is 13.2. The third kappa shape index (κ3) is 3.85. The van der Waals surface area contributed by atoms with Crippen molar-refractivity contribution in [3.63, 3.8) is 0 Å². The van der Waals surface area contributed by atoms with Gasteiger partial charge in [0.1, 0.15) is 5.82 Å². The van der Waals surface area contributed by atoms with Gasteiger partial charge >= 0.3 is 0 Å². The lowest BCUT2D eigenvalue weighted by molar-refractivity contribution is -0.149. The number of rotatable bonds is 3. The quantitative estimate of drug-likeness (QED) is 0.742. The van der Waals surface area contributed by atoms with Gasteiger partial charge in [-0.15, -0.1) is 0 Å². The van der Waals surface area contributed by atoms with Crippen molar-refractivity contribution in [1.82, 2.24) is 9.80 Å². The molecule has 1 spiro atoms. The summed E-state index contributed by atoms with van der Waals surface area (Å²) in [6.45, 7) is 2.44. The van der Waals surface area contributed by atoms with Gasteiger partial charge in [-0.05, 0) is 49.8 Å². The van der Waals surface area contributed by atoms with Gasteiger partial charge in [0.2, 0.25) is 11.8 Å². The van der Waals surface area contributed by atoms with Crippen LogP contribution in [-0.2, 0) is 16.1 Å². The number of carbonyl (C=O) groups is 2. The molecule has 3 aliphatic rings. The monoisotopic (exact) mass is 384 g/mol. The van der Waals surface area contributed by atoms with Crippen LogP contribution in [0.4, 0.5) is 4.39 Å². The van der Waals surface area contributed by atoms with Crippen LogP contribution >= 0.6 is 0 Å². The Hall–Kier alpha value is -2.17. The molecule has 5 heteroatoms. The molecule has 150 valence electrons. The third-order valence-corrected chi connectivity index (χ3v) is 6.77. The first-order valence-electron chi connectivity index (χ1n) is 10.5. The standard InChI is InChI=1S/C23H29FN2O2/c24-20-9-7-18(8-10-20)17-26-14-4-3-11-23(22(26)28)12-15-25(16-13-23)21(27)19-5-1-2-6-19/h3-4,7-10,19H,1-2,5-6,11-17H2. The molecule has 0 radical (unpaired) electrons. The Balaban J connectivity index is 1.43. The normalized spacial score (nSPS) is 22.7. The lowest BCUT2D eigenvalue weighted by atomic mass is 9.74. The maximum atomic E-state index is 13.4. The van der Waals surface area contributed by atoms with Gasteiger partial charge in [-0.1, -0.05) is 37.1 Å². The van der Waals surface area contributed by atoms with E-state index in [1.807, 2.05) is 9.80 Å². The van der Waals surface area contributed by atoms with E-state index in [1.165, 1.54) is 12.1 Å². The molecule has 0 unspecified atom stereocenters. The average Bonchev–Trinajstić information content (AvgIpc) is 3.21. The van der Waals surface area contributed by atoms with Gasteiger partial charge in [0.15, 0.2) is 0 Å². The Bertz CT molecular complexity index is 744. The second kappa shape index (κ2) is 8.06. The van der Waals surface area contributed by atoms with Gasteiger partial charge < -0.3 is 9.80 Å². The molecule has 0 N–H and O–H groups in total. The zero-order chi connectivity index (χ0) is 19.6. The molecule has 1 aromatic rings. The highest BCUT2D eigenvalue weighted by Gasteiger charge is 2.44. The second-order valence-corrected chi connectivity index (χ2v) is 8.57. The van der Waals surface area contributed by atoms with Crippen LogP contribution in [0.15, 0.2) is 36.4 Å². The van der Waals surface area contributed by atoms with E-state index in [0.717, 1.165) is 50.5 Å². The second-order valence-electron chi connectivity index (χ2n) is 8.57. The molecule has 0 atom stereocenters. The van der Waals surface area contributed by atoms with E-state index in [-0.39, 0.29) is 17.6 Å². The van der Waals surface area contributed by atoms with Crippen LogP contribution in [0.1, 0.15) is 50.5 Å². The maximum absolute atomic E-state index is 13.4. The van der Waals surface area contributed by atoms with Crippen molar-refractivity contribution in [2.75, 3.05) is 19.6 Å². The summed E-state index contributed by atoms with van der Waals surface area (Å²) in [6, 6.07) is 6.37. The lowest BCUT2D eigenvalue weighted by Crippen LogP contribution is -2.51. The molecule has 2 aliphatic heterocycles. The first kappa shape index (κ1) is 19.2. The molecule has 1 saturated carbocycles. The van der Waals surface area contributed by atoms with Crippen LogP contribution in [0.25, 0.3) is 0 Å². The van der Waals surface area contributed by atoms with Crippen molar-refractivity contribution < 1.29 is 14.0 Å². The molecule has 2 fully saturated rings. The maximum Gasteiger partial charge on any atom is 0.229 e. The molecule has 4 nitrogen and oxygen atoms in total. The summed E-state index contributed by atoms with van der Waals surface area (Å²) in [5.74, 6) is 0.414. The Morgan fingerprint density at radius 3 is 2.43 bits per heavy atom.